The summed E-state index contributed by atoms with van der Waals surface area (Å²) in [5.41, 5.74) is 5.56. The van der Waals surface area contributed by atoms with Crippen LogP contribution in [0.1, 0.15) is 53.4 Å². The second kappa shape index (κ2) is 7.99. The molecule has 1 aliphatic rings. The Labute approximate surface area is 129 Å². The maximum Gasteiger partial charge on any atom is 0.410 e. The van der Waals surface area contributed by atoms with Crippen LogP contribution in [0.3, 0.4) is 0 Å². The minimum Gasteiger partial charge on any atom is -0.444 e. The standard InChI is InChI=1S/C16H33N3O2/c1-12(10-18-14-8-6-7-13(17)9-14)11-19(5)15(20)21-16(2,3)4/h12-14,18H,6-11,17H2,1-5H3. The van der Waals surface area contributed by atoms with Crippen LogP contribution < -0.4 is 11.1 Å². The average molecular weight is 299 g/mol. The third-order valence-electron chi connectivity index (χ3n) is 3.76. The molecule has 0 aromatic carbocycles. The Bertz CT molecular complexity index is 328. The van der Waals surface area contributed by atoms with Gasteiger partial charge in [0.15, 0.2) is 0 Å². The van der Waals surface area contributed by atoms with Gasteiger partial charge in [0, 0.05) is 25.7 Å². The van der Waals surface area contributed by atoms with Gasteiger partial charge < -0.3 is 20.7 Å². The molecule has 1 saturated carbocycles. The summed E-state index contributed by atoms with van der Waals surface area (Å²) in [6.45, 7) is 9.41. The smallest absolute Gasteiger partial charge is 0.410 e. The number of amides is 1. The number of carbonyl (C=O) groups excluding carboxylic acids is 1. The fraction of sp³-hybridized carbons (Fsp3) is 0.938. The summed E-state index contributed by atoms with van der Waals surface area (Å²) in [4.78, 5) is 13.6. The van der Waals surface area contributed by atoms with Gasteiger partial charge in [-0.3, -0.25) is 0 Å². The summed E-state index contributed by atoms with van der Waals surface area (Å²) in [5.74, 6) is 0.390. The minimum atomic E-state index is -0.439. The number of nitrogens with one attached hydrogen (secondary N) is 1. The van der Waals surface area contributed by atoms with Gasteiger partial charge in [0.1, 0.15) is 5.60 Å². The van der Waals surface area contributed by atoms with Crippen LogP contribution in [0.2, 0.25) is 0 Å². The highest BCUT2D eigenvalue weighted by Gasteiger charge is 2.22. The lowest BCUT2D eigenvalue weighted by atomic mass is 9.91. The third kappa shape index (κ3) is 7.67. The van der Waals surface area contributed by atoms with Gasteiger partial charge in [-0.1, -0.05) is 13.3 Å². The maximum atomic E-state index is 11.9. The number of nitrogens with two attached hydrogens (primary N) is 1. The van der Waals surface area contributed by atoms with E-state index < -0.39 is 5.60 Å². The van der Waals surface area contributed by atoms with Crippen molar-refractivity contribution in [3.63, 3.8) is 0 Å². The molecule has 3 atom stereocenters. The first kappa shape index (κ1) is 18.2. The Morgan fingerprint density at radius 2 is 2.10 bits per heavy atom. The molecule has 3 N–H and O–H groups in total. The van der Waals surface area contributed by atoms with Crippen molar-refractivity contribution in [1.82, 2.24) is 10.2 Å². The van der Waals surface area contributed by atoms with Crippen LogP contribution in [0, 0.1) is 5.92 Å². The highest BCUT2D eigenvalue weighted by Crippen LogP contribution is 2.17. The van der Waals surface area contributed by atoms with E-state index in [0.717, 1.165) is 19.4 Å². The fourth-order valence-electron chi connectivity index (χ4n) is 2.73. The van der Waals surface area contributed by atoms with Crippen molar-refractivity contribution in [3.8, 4) is 0 Å². The molecule has 1 fully saturated rings. The van der Waals surface area contributed by atoms with Crippen LogP contribution in [0.25, 0.3) is 0 Å². The Balaban J connectivity index is 2.26. The van der Waals surface area contributed by atoms with Crippen LogP contribution in [0.5, 0.6) is 0 Å². The highest BCUT2D eigenvalue weighted by molar-refractivity contribution is 5.67. The van der Waals surface area contributed by atoms with E-state index in [1.807, 2.05) is 20.8 Å². The van der Waals surface area contributed by atoms with E-state index in [2.05, 4.69) is 12.2 Å². The Morgan fingerprint density at radius 3 is 2.67 bits per heavy atom. The molecule has 1 rings (SSSR count). The number of rotatable bonds is 5. The van der Waals surface area contributed by atoms with E-state index in [0.29, 0.717) is 24.5 Å². The van der Waals surface area contributed by atoms with Crippen molar-refractivity contribution in [3.05, 3.63) is 0 Å². The van der Waals surface area contributed by atoms with Crippen molar-refractivity contribution in [1.29, 1.82) is 0 Å². The van der Waals surface area contributed by atoms with Gasteiger partial charge in [-0.05, 0) is 52.5 Å². The van der Waals surface area contributed by atoms with Gasteiger partial charge >= 0.3 is 6.09 Å². The van der Waals surface area contributed by atoms with Crippen molar-refractivity contribution >= 4 is 6.09 Å². The molecular weight excluding hydrogens is 266 g/mol. The zero-order valence-corrected chi connectivity index (χ0v) is 14.3. The molecule has 0 heterocycles. The largest absolute Gasteiger partial charge is 0.444 e. The first-order chi connectivity index (χ1) is 9.67. The molecule has 0 aromatic heterocycles. The summed E-state index contributed by atoms with van der Waals surface area (Å²) in [7, 11) is 1.79. The Hall–Kier alpha value is -0.810. The molecule has 5 nitrogen and oxygen atoms in total. The lowest BCUT2D eigenvalue weighted by Crippen LogP contribution is -2.43. The third-order valence-corrected chi connectivity index (χ3v) is 3.76. The van der Waals surface area contributed by atoms with E-state index >= 15 is 0 Å². The van der Waals surface area contributed by atoms with Gasteiger partial charge in [0.25, 0.3) is 0 Å². The van der Waals surface area contributed by atoms with Gasteiger partial charge in [0.2, 0.25) is 0 Å². The molecule has 0 aromatic rings. The second-order valence-electron chi connectivity index (χ2n) is 7.50. The van der Waals surface area contributed by atoms with Gasteiger partial charge in [-0.15, -0.1) is 0 Å². The van der Waals surface area contributed by atoms with Crippen molar-refractivity contribution in [2.75, 3.05) is 20.1 Å². The quantitative estimate of drug-likeness (QED) is 0.817. The molecule has 0 bridgehead atoms. The Morgan fingerprint density at radius 1 is 1.43 bits per heavy atom. The zero-order valence-electron chi connectivity index (χ0n) is 14.3. The summed E-state index contributed by atoms with van der Waals surface area (Å²) in [6.07, 6.45) is 4.38. The molecule has 124 valence electrons. The van der Waals surface area contributed by atoms with Crippen molar-refractivity contribution in [2.45, 2.75) is 71.1 Å². The van der Waals surface area contributed by atoms with Gasteiger partial charge in [-0.2, -0.15) is 0 Å². The maximum absolute atomic E-state index is 11.9. The van der Waals surface area contributed by atoms with Crippen LogP contribution in [-0.4, -0.2) is 48.8 Å². The molecule has 5 heteroatoms. The van der Waals surface area contributed by atoms with E-state index in [1.54, 1.807) is 11.9 Å². The molecular formula is C16H33N3O2. The van der Waals surface area contributed by atoms with Crippen LogP contribution >= 0.6 is 0 Å². The first-order valence-electron chi connectivity index (χ1n) is 8.10. The fourth-order valence-corrected chi connectivity index (χ4v) is 2.73. The van der Waals surface area contributed by atoms with Crippen molar-refractivity contribution in [2.24, 2.45) is 11.7 Å². The normalized spacial score (nSPS) is 24.5. The first-order valence-corrected chi connectivity index (χ1v) is 8.10. The zero-order chi connectivity index (χ0) is 16.0. The summed E-state index contributed by atoms with van der Waals surface area (Å²) < 4.78 is 5.36. The topological polar surface area (TPSA) is 67.6 Å². The average Bonchev–Trinajstić information content (AvgIpc) is 2.34. The summed E-state index contributed by atoms with van der Waals surface area (Å²) in [5, 5.41) is 3.59. The molecule has 0 spiro atoms. The number of hydrogen-bond donors (Lipinski definition) is 2. The minimum absolute atomic E-state index is 0.256. The lowest BCUT2D eigenvalue weighted by Gasteiger charge is -2.30. The molecule has 1 amide bonds. The van der Waals surface area contributed by atoms with E-state index in [9.17, 15) is 4.79 Å². The summed E-state index contributed by atoms with van der Waals surface area (Å²) >= 11 is 0. The van der Waals surface area contributed by atoms with Gasteiger partial charge in [-0.25, -0.2) is 4.79 Å². The van der Waals surface area contributed by atoms with Crippen molar-refractivity contribution < 1.29 is 9.53 Å². The number of nitrogens with zero attached hydrogens (tertiary/aromatic N) is 1. The van der Waals surface area contributed by atoms with Crippen LogP contribution in [0.4, 0.5) is 4.79 Å². The predicted octanol–water partition coefficient (Wildman–Crippen LogP) is 2.35. The van der Waals surface area contributed by atoms with E-state index in [-0.39, 0.29) is 6.09 Å². The number of carbonyl (C=O) groups is 1. The second-order valence-corrected chi connectivity index (χ2v) is 7.50. The lowest BCUT2D eigenvalue weighted by molar-refractivity contribution is 0.0276. The van der Waals surface area contributed by atoms with Gasteiger partial charge in [0.05, 0.1) is 0 Å². The van der Waals surface area contributed by atoms with Crippen LogP contribution in [-0.2, 0) is 4.74 Å². The molecule has 0 aliphatic heterocycles. The molecule has 0 radical (unpaired) electrons. The van der Waals surface area contributed by atoms with E-state index in [1.165, 1.54) is 12.8 Å². The predicted molar refractivity (Wildman–Crippen MR) is 86.3 cm³/mol. The number of ether oxygens (including phenoxy) is 1. The van der Waals surface area contributed by atoms with Crippen LogP contribution in [0.15, 0.2) is 0 Å². The SMILES string of the molecule is CC(CNC1CCCC(N)C1)CN(C)C(=O)OC(C)(C)C. The number of hydrogen-bond acceptors (Lipinski definition) is 4. The molecule has 3 unspecified atom stereocenters. The highest BCUT2D eigenvalue weighted by atomic mass is 16.6. The Kier molecular flexibility index (Phi) is 6.94. The molecule has 21 heavy (non-hydrogen) atoms. The summed E-state index contributed by atoms with van der Waals surface area (Å²) in [6, 6.07) is 0.874. The monoisotopic (exact) mass is 299 g/mol. The van der Waals surface area contributed by atoms with E-state index in [4.69, 9.17) is 10.5 Å². The molecule has 1 aliphatic carbocycles. The molecule has 0 saturated heterocycles.